The third kappa shape index (κ3) is 3.11. The highest BCUT2D eigenvalue weighted by Crippen LogP contribution is 2.28. The van der Waals surface area contributed by atoms with Crippen molar-refractivity contribution in [1.82, 2.24) is 0 Å². The topological polar surface area (TPSA) is 94.9 Å². The lowest BCUT2D eigenvalue weighted by Crippen LogP contribution is -2.59. The summed E-state index contributed by atoms with van der Waals surface area (Å²) in [4.78, 5) is 2.83. The second kappa shape index (κ2) is 7.52. The fraction of sp³-hybridized carbons (Fsp3) is 1.00. The van der Waals surface area contributed by atoms with Gasteiger partial charge in [-0.1, -0.05) is 5.11 Å². The van der Waals surface area contributed by atoms with Gasteiger partial charge in [-0.2, -0.15) is 0 Å². The molecule has 1 aliphatic heterocycles. The van der Waals surface area contributed by atoms with Gasteiger partial charge in [-0.25, -0.2) is 0 Å². The number of nitrogens with zero attached hydrogens (tertiary/aromatic N) is 3. The van der Waals surface area contributed by atoms with Gasteiger partial charge in [0.2, 0.25) is 0 Å². The van der Waals surface area contributed by atoms with E-state index in [0.29, 0.717) is 6.61 Å². The fourth-order valence-corrected chi connectivity index (χ4v) is 2.12. The lowest BCUT2D eigenvalue weighted by atomic mass is 9.96. The van der Waals surface area contributed by atoms with Crippen LogP contribution in [-0.4, -0.2) is 65.7 Å². The highest BCUT2D eigenvalue weighted by atomic mass is 16.7. The van der Waals surface area contributed by atoms with Gasteiger partial charge in [0.25, 0.3) is 0 Å². The first-order valence-corrected chi connectivity index (χ1v) is 5.50. The maximum Gasteiger partial charge on any atom is 0.184 e. The van der Waals surface area contributed by atoms with Crippen LogP contribution >= 0.6 is 0 Å². The first-order chi connectivity index (χ1) is 8.73. The predicted molar refractivity (Wildman–Crippen MR) is 62.1 cm³/mol. The summed E-state index contributed by atoms with van der Waals surface area (Å²) >= 11 is 0. The molecule has 0 amide bonds. The van der Waals surface area contributed by atoms with E-state index in [4.69, 9.17) is 29.2 Å². The molecule has 5 atom stereocenters. The predicted octanol–water partition coefficient (Wildman–Crippen LogP) is 0.713. The number of rotatable bonds is 6. The molecule has 0 unspecified atom stereocenters. The molecule has 1 saturated heterocycles. The van der Waals surface area contributed by atoms with Crippen LogP contribution in [0.4, 0.5) is 0 Å². The van der Waals surface area contributed by atoms with Gasteiger partial charge >= 0.3 is 0 Å². The van der Waals surface area contributed by atoms with Gasteiger partial charge in [0.1, 0.15) is 12.2 Å². The van der Waals surface area contributed by atoms with E-state index in [2.05, 4.69) is 10.0 Å². The maximum absolute atomic E-state index is 8.65. The minimum Gasteiger partial charge on any atom is -0.382 e. The monoisotopic (exact) mass is 261 g/mol. The molecule has 104 valence electrons. The van der Waals surface area contributed by atoms with Crippen LogP contribution in [0.3, 0.4) is 0 Å². The zero-order valence-electron chi connectivity index (χ0n) is 11.0. The van der Waals surface area contributed by atoms with Crippen LogP contribution in [-0.2, 0) is 23.7 Å². The Morgan fingerprint density at radius 2 is 1.78 bits per heavy atom. The first-order valence-electron chi connectivity index (χ1n) is 5.50. The van der Waals surface area contributed by atoms with Gasteiger partial charge in [0.05, 0.1) is 18.8 Å². The Kier molecular flexibility index (Phi) is 6.34. The highest BCUT2D eigenvalue weighted by molar-refractivity contribution is 4.96. The van der Waals surface area contributed by atoms with Crippen molar-refractivity contribution in [3.8, 4) is 0 Å². The molecule has 18 heavy (non-hydrogen) atoms. The average molecular weight is 261 g/mol. The molecule has 1 aliphatic rings. The number of hydrogen-bond donors (Lipinski definition) is 0. The van der Waals surface area contributed by atoms with Crippen LogP contribution in [0.15, 0.2) is 5.11 Å². The van der Waals surface area contributed by atoms with E-state index in [1.807, 2.05) is 0 Å². The van der Waals surface area contributed by atoms with E-state index < -0.39 is 24.5 Å². The molecule has 0 spiro atoms. The van der Waals surface area contributed by atoms with Crippen LogP contribution in [0.25, 0.3) is 10.4 Å². The molecule has 0 aromatic rings. The summed E-state index contributed by atoms with van der Waals surface area (Å²) in [6.07, 6.45) is -1.98. The first kappa shape index (κ1) is 15.2. The quantitative estimate of drug-likeness (QED) is 0.398. The third-order valence-electron chi connectivity index (χ3n) is 2.91. The van der Waals surface area contributed by atoms with Gasteiger partial charge in [-0.3, -0.25) is 0 Å². The van der Waals surface area contributed by atoms with E-state index >= 15 is 0 Å². The van der Waals surface area contributed by atoms with Crippen LogP contribution < -0.4 is 0 Å². The standard InChI is InChI=1S/C10H19N3O5/c1-14-5-6-8(15-2)7(12-13-11)9(16-3)10(17-4)18-6/h6-10H,5H2,1-4H3/t6-,7-,8-,9+,10+/m1/s1. The average Bonchev–Trinajstić information content (AvgIpc) is 2.39. The van der Waals surface area contributed by atoms with Crippen molar-refractivity contribution in [3.05, 3.63) is 10.4 Å². The SMILES string of the molecule is COC[C@H]1O[C@H](OC)[C@@H](OC)[C@H](N=[N+]=[N-])[C@@H]1OC. The Bertz CT molecular complexity index is 297. The van der Waals surface area contributed by atoms with Crippen LogP contribution in [0.1, 0.15) is 0 Å². The van der Waals surface area contributed by atoms with Gasteiger partial charge in [-0.05, 0) is 5.53 Å². The molecular weight excluding hydrogens is 242 g/mol. The van der Waals surface area contributed by atoms with Crippen molar-refractivity contribution in [2.45, 2.75) is 30.6 Å². The number of ether oxygens (including phenoxy) is 5. The zero-order chi connectivity index (χ0) is 13.5. The summed E-state index contributed by atoms with van der Waals surface area (Å²) < 4.78 is 26.6. The van der Waals surface area contributed by atoms with Gasteiger partial charge in [0, 0.05) is 33.4 Å². The summed E-state index contributed by atoms with van der Waals surface area (Å²) in [6, 6.07) is -0.538. The lowest BCUT2D eigenvalue weighted by molar-refractivity contribution is -0.277. The Labute approximate surface area is 106 Å². The summed E-state index contributed by atoms with van der Waals surface area (Å²) in [5, 5.41) is 3.73. The van der Waals surface area contributed by atoms with Crippen LogP contribution in [0, 0.1) is 0 Å². The molecular formula is C10H19N3O5. The largest absolute Gasteiger partial charge is 0.382 e. The smallest absolute Gasteiger partial charge is 0.184 e. The summed E-state index contributed by atoms with van der Waals surface area (Å²) in [5.74, 6) is 0. The Balaban J connectivity index is 2.97. The summed E-state index contributed by atoms with van der Waals surface area (Å²) in [5.41, 5.74) is 8.65. The molecule has 0 aliphatic carbocycles. The molecule has 1 heterocycles. The molecule has 0 bridgehead atoms. The van der Waals surface area contributed by atoms with Crippen LogP contribution in [0.5, 0.6) is 0 Å². The second-order valence-corrected chi connectivity index (χ2v) is 3.83. The Hall–Kier alpha value is -0.890. The molecule has 0 aromatic carbocycles. The van der Waals surface area contributed by atoms with Crippen molar-refractivity contribution in [1.29, 1.82) is 0 Å². The molecule has 1 rings (SSSR count). The molecule has 0 N–H and O–H groups in total. The Morgan fingerprint density at radius 3 is 2.22 bits per heavy atom. The lowest BCUT2D eigenvalue weighted by Gasteiger charge is -2.43. The zero-order valence-corrected chi connectivity index (χ0v) is 11.0. The number of hydrogen-bond acceptors (Lipinski definition) is 6. The van der Waals surface area contributed by atoms with E-state index in [1.165, 1.54) is 21.3 Å². The number of azide groups is 1. The second-order valence-electron chi connectivity index (χ2n) is 3.83. The number of methoxy groups -OCH3 is 4. The van der Waals surface area contributed by atoms with Crippen molar-refractivity contribution < 1.29 is 23.7 Å². The molecule has 0 saturated carbocycles. The molecule has 1 fully saturated rings. The van der Waals surface area contributed by atoms with Crippen molar-refractivity contribution in [2.75, 3.05) is 35.0 Å². The maximum atomic E-state index is 8.65. The molecule has 8 heteroatoms. The molecule has 0 radical (unpaired) electrons. The Morgan fingerprint density at radius 1 is 1.11 bits per heavy atom. The molecule has 8 nitrogen and oxygen atoms in total. The van der Waals surface area contributed by atoms with Gasteiger partial charge in [-0.15, -0.1) is 0 Å². The van der Waals surface area contributed by atoms with E-state index in [9.17, 15) is 0 Å². The highest BCUT2D eigenvalue weighted by Gasteiger charge is 2.46. The summed E-state index contributed by atoms with van der Waals surface area (Å²) in [7, 11) is 6.09. The minimum atomic E-state index is -0.628. The summed E-state index contributed by atoms with van der Waals surface area (Å²) in [6.45, 7) is 0.312. The minimum absolute atomic E-state index is 0.312. The van der Waals surface area contributed by atoms with E-state index in [-0.39, 0.29) is 6.10 Å². The van der Waals surface area contributed by atoms with Crippen LogP contribution in [0.2, 0.25) is 0 Å². The normalized spacial score (nSPS) is 36.1. The van der Waals surface area contributed by atoms with Crippen molar-refractivity contribution >= 4 is 0 Å². The van der Waals surface area contributed by atoms with Gasteiger partial charge < -0.3 is 23.7 Å². The third-order valence-corrected chi connectivity index (χ3v) is 2.91. The van der Waals surface area contributed by atoms with Crippen molar-refractivity contribution in [2.24, 2.45) is 5.11 Å². The van der Waals surface area contributed by atoms with Gasteiger partial charge in [0.15, 0.2) is 6.29 Å². The van der Waals surface area contributed by atoms with E-state index in [1.54, 1.807) is 7.11 Å². The fourth-order valence-electron chi connectivity index (χ4n) is 2.12. The molecule has 0 aromatic heterocycles. The van der Waals surface area contributed by atoms with Crippen molar-refractivity contribution in [3.63, 3.8) is 0 Å². The van der Waals surface area contributed by atoms with E-state index in [0.717, 1.165) is 0 Å².